The van der Waals surface area contributed by atoms with Gasteiger partial charge in [0.05, 0.1) is 0 Å². The monoisotopic (exact) mass is 356 g/mol. The normalized spacial score (nSPS) is 29.5. The largest absolute Gasteiger partial charge is 0.488 e. The Morgan fingerprint density at radius 1 is 0.808 bits per heavy atom. The molecular formula is C23H37BO2. The van der Waals surface area contributed by atoms with E-state index in [9.17, 15) is 10.0 Å². The summed E-state index contributed by atoms with van der Waals surface area (Å²) in [6, 6.07) is 7.93. The molecule has 2 aliphatic rings. The Balaban J connectivity index is 1.41. The molecule has 0 saturated heterocycles. The van der Waals surface area contributed by atoms with Gasteiger partial charge in [0.15, 0.2) is 0 Å². The van der Waals surface area contributed by atoms with E-state index in [0.29, 0.717) is 11.4 Å². The molecule has 3 heteroatoms. The molecule has 0 heterocycles. The van der Waals surface area contributed by atoms with Crippen LogP contribution >= 0.6 is 0 Å². The van der Waals surface area contributed by atoms with Crippen LogP contribution in [0.4, 0.5) is 0 Å². The first-order valence-corrected chi connectivity index (χ1v) is 11.1. The molecule has 1 aromatic rings. The van der Waals surface area contributed by atoms with Crippen molar-refractivity contribution in [3.63, 3.8) is 0 Å². The summed E-state index contributed by atoms with van der Waals surface area (Å²) in [6.45, 7) is 2.30. The highest BCUT2D eigenvalue weighted by Gasteiger charge is 2.31. The van der Waals surface area contributed by atoms with Crippen LogP contribution in [-0.4, -0.2) is 17.2 Å². The molecule has 0 amide bonds. The second kappa shape index (κ2) is 9.94. The van der Waals surface area contributed by atoms with E-state index >= 15 is 0 Å². The predicted octanol–water partition coefficient (Wildman–Crippen LogP) is 5.03. The van der Waals surface area contributed by atoms with Gasteiger partial charge in [-0.25, -0.2) is 0 Å². The molecule has 0 spiro atoms. The van der Waals surface area contributed by atoms with Crippen LogP contribution in [0, 0.1) is 17.8 Å². The maximum Gasteiger partial charge on any atom is 0.488 e. The van der Waals surface area contributed by atoms with Crippen LogP contribution in [0.2, 0.25) is 0 Å². The molecule has 2 saturated carbocycles. The van der Waals surface area contributed by atoms with Gasteiger partial charge >= 0.3 is 7.12 Å². The molecule has 1 aromatic carbocycles. The van der Waals surface area contributed by atoms with E-state index in [4.69, 9.17) is 0 Å². The maximum absolute atomic E-state index is 9.24. The van der Waals surface area contributed by atoms with Gasteiger partial charge < -0.3 is 10.0 Å². The van der Waals surface area contributed by atoms with Gasteiger partial charge in [-0.2, -0.15) is 0 Å². The maximum atomic E-state index is 9.24. The molecule has 0 radical (unpaired) electrons. The fourth-order valence-electron chi connectivity index (χ4n) is 5.50. The molecule has 2 fully saturated rings. The number of hydrogen-bond donors (Lipinski definition) is 2. The molecule has 2 N–H and O–H groups in total. The standard InChI is InChI=1S/C23H37BO2/c1-2-3-4-5-18-6-8-19(9-7-18)20-10-12-21(13-11-20)22-14-16-23(17-15-22)24(25)26/h14-21,25-26H,2-13H2,1H3. The smallest absolute Gasteiger partial charge is 0.423 e. The summed E-state index contributed by atoms with van der Waals surface area (Å²) < 4.78 is 0. The number of hydrogen-bond acceptors (Lipinski definition) is 2. The van der Waals surface area contributed by atoms with E-state index in [1.54, 1.807) is 0 Å². The lowest BCUT2D eigenvalue weighted by Crippen LogP contribution is -2.29. The highest BCUT2D eigenvalue weighted by atomic mass is 16.4. The lowest BCUT2D eigenvalue weighted by molar-refractivity contribution is 0.155. The highest BCUT2D eigenvalue weighted by molar-refractivity contribution is 6.58. The lowest BCUT2D eigenvalue weighted by Gasteiger charge is -2.38. The summed E-state index contributed by atoms with van der Waals surface area (Å²) >= 11 is 0. The Morgan fingerprint density at radius 3 is 1.92 bits per heavy atom. The lowest BCUT2D eigenvalue weighted by atomic mass is 9.67. The van der Waals surface area contributed by atoms with Crippen molar-refractivity contribution in [2.75, 3.05) is 0 Å². The van der Waals surface area contributed by atoms with Gasteiger partial charge in [-0.1, -0.05) is 69.7 Å². The molecule has 0 aliphatic heterocycles. The van der Waals surface area contributed by atoms with Crippen LogP contribution < -0.4 is 5.46 Å². The first kappa shape index (κ1) is 20.0. The van der Waals surface area contributed by atoms with Crippen LogP contribution in [-0.2, 0) is 0 Å². The van der Waals surface area contributed by atoms with Crippen LogP contribution in [0.25, 0.3) is 0 Å². The van der Waals surface area contributed by atoms with Crippen molar-refractivity contribution >= 4 is 12.6 Å². The summed E-state index contributed by atoms with van der Waals surface area (Å²) in [5.74, 6) is 3.64. The Bertz CT molecular complexity index is 512. The van der Waals surface area contributed by atoms with E-state index in [2.05, 4.69) is 19.1 Å². The molecule has 0 aromatic heterocycles. The van der Waals surface area contributed by atoms with Gasteiger partial charge in [0.25, 0.3) is 0 Å². The van der Waals surface area contributed by atoms with Gasteiger partial charge in [-0.05, 0) is 73.2 Å². The zero-order chi connectivity index (χ0) is 18.4. The van der Waals surface area contributed by atoms with Crippen LogP contribution in [0.3, 0.4) is 0 Å². The number of rotatable bonds is 7. The van der Waals surface area contributed by atoms with Crippen molar-refractivity contribution in [1.82, 2.24) is 0 Å². The first-order chi connectivity index (χ1) is 12.7. The fraction of sp³-hybridized carbons (Fsp3) is 0.739. The van der Waals surface area contributed by atoms with E-state index in [1.807, 2.05) is 12.1 Å². The molecule has 0 bridgehead atoms. The fourth-order valence-corrected chi connectivity index (χ4v) is 5.50. The van der Waals surface area contributed by atoms with Gasteiger partial charge in [-0.3, -0.25) is 0 Å². The van der Waals surface area contributed by atoms with E-state index < -0.39 is 7.12 Å². The second-order valence-electron chi connectivity index (χ2n) is 8.93. The third-order valence-electron chi connectivity index (χ3n) is 7.25. The quantitative estimate of drug-likeness (QED) is 0.532. The number of unbranched alkanes of at least 4 members (excludes halogenated alkanes) is 2. The van der Waals surface area contributed by atoms with Gasteiger partial charge in [-0.15, -0.1) is 0 Å². The molecule has 0 atom stereocenters. The minimum absolute atomic E-state index is 0.595. The molecule has 144 valence electrons. The van der Waals surface area contributed by atoms with Crippen LogP contribution in [0.1, 0.15) is 95.5 Å². The van der Waals surface area contributed by atoms with Crippen molar-refractivity contribution in [3.8, 4) is 0 Å². The van der Waals surface area contributed by atoms with E-state index in [0.717, 1.165) is 17.8 Å². The molecule has 3 rings (SSSR count). The summed E-state index contributed by atoms with van der Waals surface area (Å²) in [5, 5.41) is 18.5. The Hall–Kier alpha value is -0.795. The van der Waals surface area contributed by atoms with Crippen molar-refractivity contribution in [2.45, 2.75) is 89.9 Å². The van der Waals surface area contributed by atoms with Gasteiger partial charge in [0.2, 0.25) is 0 Å². The predicted molar refractivity (Wildman–Crippen MR) is 111 cm³/mol. The van der Waals surface area contributed by atoms with Crippen molar-refractivity contribution in [2.24, 2.45) is 17.8 Å². The van der Waals surface area contributed by atoms with Crippen molar-refractivity contribution < 1.29 is 10.0 Å². The second-order valence-corrected chi connectivity index (χ2v) is 8.93. The average molecular weight is 356 g/mol. The third kappa shape index (κ3) is 5.36. The van der Waals surface area contributed by atoms with Crippen molar-refractivity contribution in [3.05, 3.63) is 29.8 Å². The Labute approximate surface area is 160 Å². The van der Waals surface area contributed by atoms with Crippen LogP contribution in [0.15, 0.2) is 24.3 Å². The first-order valence-electron chi connectivity index (χ1n) is 11.1. The molecule has 2 aliphatic carbocycles. The third-order valence-corrected chi connectivity index (χ3v) is 7.25. The zero-order valence-corrected chi connectivity index (χ0v) is 16.6. The summed E-state index contributed by atoms with van der Waals surface area (Å²) in [6.07, 6.45) is 17.0. The SMILES string of the molecule is CCCCCC1CCC(C2CCC(c3ccc(B(O)O)cc3)CC2)CC1. The van der Waals surface area contributed by atoms with Gasteiger partial charge in [0.1, 0.15) is 0 Å². The summed E-state index contributed by atoms with van der Waals surface area (Å²) in [5.41, 5.74) is 1.98. The Morgan fingerprint density at radius 2 is 1.38 bits per heavy atom. The topological polar surface area (TPSA) is 40.5 Å². The average Bonchev–Trinajstić information content (AvgIpc) is 2.69. The number of benzene rings is 1. The van der Waals surface area contributed by atoms with Crippen LogP contribution in [0.5, 0.6) is 0 Å². The molecule has 2 nitrogen and oxygen atoms in total. The summed E-state index contributed by atoms with van der Waals surface area (Å²) in [4.78, 5) is 0. The van der Waals surface area contributed by atoms with E-state index in [-0.39, 0.29) is 0 Å². The Kier molecular flexibility index (Phi) is 7.63. The minimum atomic E-state index is -1.35. The molecule has 0 unspecified atom stereocenters. The van der Waals surface area contributed by atoms with Crippen molar-refractivity contribution in [1.29, 1.82) is 0 Å². The molecular weight excluding hydrogens is 319 g/mol. The van der Waals surface area contributed by atoms with Gasteiger partial charge in [0, 0.05) is 0 Å². The minimum Gasteiger partial charge on any atom is -0.423 e. The zero-order valence-electron chi connectivity index (χ0n) is 16.6. The molecule has 26 heavy (non-hydrogen) atoms. The highest BCUT2D eigenvalue weighted by Crippen LogP contribution is 2.44. The summed E-state index contributed by atoms with van der Waals surface area (Å²) in [7, 11) is -1.35. The van der Waals surface area contributed by atoms with E-state index in [1.165, 1.54) is 82.6 Å².